The van der Waals surface area contributed by atoms with Crippen molar-refractivity contribution < 1.29 is 4.39 Å². The molecule has 1 aromatic carbocycles. The molecular weight excluding hydrogens is 173 g/mol. The van der Waals surface area contributed by atoms with Crippen LogP contribution in [0.2, 0.25) is 0 Å². The normalized spacial score (nSPS) is 10.5. The van der Waals surface area contributed by atoms with E-state index in [1.807, 2.05) is 0 Å². The molecule has 0 spiro atoms. The second-order valence-corrected chi connectivity index (χ2v) is 2.64. The maximum atomic E-state index is 12.9. The van der Waals surface area contributed by atoms with Crippen LogP contribution in [-0.4, -0.2) is 9.97 Å². The van der Waals surface area contributed by atoms with Gasteiger partial charge in [0.2, 0.25) is 0 Å². The summed E-state index contributed by atoms with van der Waals surface area (Å²) < 4.78 is 12.9. The molecule has 0 saturated carbocycles. The lowest BCUT2D eigenvalue weighted by atomic mass is 10.2. The molecule has 0 bridgehead atoms. The monoisotopic (exact) mass is 179 g/mol. The van der Waals surface area contributed by atoms with Gasteiger partial charge in [-0.2, -0.15) is 0 Å². The van der Waals surface area contributed by atoms with Gasteiger partial charge in [-0.1, -0.05) is 0 Å². The lowest BCUT2D eigenvalue weighted by Crippen LogP contribution is -2.05. The predicted octanol–water partition coefficient (Wildman–Crippen LogP) is 0.644. The number of H-pyrrole nitrogens is 1. The van der Waals surface area contributed by atoms with Gasteiger partial charge in [0.25, 0.3) is 5.56 Å². The van der Waals surface area contributed by atoms with Crippen molar-refractivity contribution in [1.29, 1.82) is 0 Å². The number of fused-ring (bicyclic) bond motifs is 1. The van der Waals surface area contributed by atoms with E-state index in [0.29, 0.717) is 11.0 Å². The van der Waals surface area contributed by atoms with Crippen LogP contribution in [0.25, 0.3) is 11.0 Å². The molecule has 5 heteroatoms. The largest absolute Gasteiger partial charge is 0.396 e. The minimum absolute atomic E-state index is 0.0204. The maximum absolute atomic E-state index is 12.9. The van der Waals surface area contributed by atoms with Crippen molar-refractivity contribution in [3.05, 3.63) is 34.5 Å². The fourth-order valence-electron chi connectivity index (χ4n) is 1.08. The molecule has 3 N–H and O–H groups in total. The Kier molecular flexibility index (Phi) is 1.51. The second kappa shape index (κ2) is 2.55. The van der Waals surface area contributed by atoms with E-state index in [1.165, 1.54) is 6.07 Å². The number of nitrogens with zero attached hydrogens (tertiary/aromatic N) is 1. The molecule has 0 aliphatic heterocycles. The van der Waals surface area contributed by atoms with E-state index in [-0.39, 0.29) is 11.2 Å². The highest BCUT2D eigenvalue weighted by Crippen LogP contribution is 2.15. The Hall–Kier alpha value is -1.91. The number of nitrogen functional groups attached to an aromatic ring is 1. The fourth-order valence-corrected chi connectivity index (χ4v) is 1.08. The third-order valence-electron chi connectivity index (χ3n) is 1.69. The summed E-state index contributed by atoms with van der Waals surface area (Å²) >= 11 is 0. The van der Waals surface area contributed by atoms with Gasteiger partial charge in [-0.25, -0.2) is 9.37 Å². The predicted molar refractivity (Wildman–Crippen MR) is 46.7 cm³/mol. The van der Waals surface area contributed by atoms with Crippen LogP contribution >= 0.6 is 0 Å². The molecule has 0 aliphatic carbocycles. The molecule has 0 radical (unpaired) electrons. The molecule has 0 saturated heterocycles. The van der Waals surface area contributed by atoms with Crippen LogP contribution in [0.4, 0.5) is 10.1 Å². The first-order valence-corrected chi connectivity index (χ1v) is 3.61. The quantitative estimate of drug-likeness (QED) is 0.583. The number of rotatable bonds is 0. The Labute approximate surface area is 72.2 Å². The number of halogens is 1. The van der Waals surface area contributed by atoms with Crippen LogP contribution in [0, 0.1) is 5.82 Å². The Morgan fingerprint density at radius 2 is 2.23 bits per heavy atom. The van der Waals surface area contributed by atoms with Gasteiger partial charge in [-0.15, -0.1) is 0 Å². The molecule has 4 nitrogen and oxygen atoms in total. The smallest absolute Gasteiger partial charge is 0.266 e. The highest BCUT2D eigenvalue weighted by Gasteiger charge is 2.02. The van der Waals surface area contributed by atoms with Crippen molar-refractivity contribution in [3.63, 3.8) is 0 Å². The Bertz CT molecular complexity index is 520. The molecular formula is C8H6FN3O. The van der Waals surface area contributed by atoms with Gasteiger partial charge < -0.3 is 10.7 Å². The topological polar surface area (TPSA) is 71.8 Å². The average Bonchev–Trinajstić information content (AvgIpc) is 2.08. The number of benzene rings is 1. The molecule has 0 unspecified atom stereocenters. The fraction of sp³-hybridized carbons (Fsp3) is 0. The standard InChI is InChI=1S/C8H6FN3O/c9-4-1-7-6(2-5(4)10)11-3-8(13)12-7/h1-3H,10H2,(H,12,13). The van der Waals surface area contributed by atoms with E-state index >= 15 is 0 Å². The molecule has 1 heterocycles. The van der Waals surface area contributed by atoms with Crippen molar-refractivity contribution in [1.82, 2.24) is 9.97 Å². The Balaban J connectivity index is 2.89. The number of aromatic nitrogens is 2. The molecule has 0 atom stereocenters. The summed E-state index contributed by atoms with van der Waals surface area (Å²) in [6.45, 7) is 0. The molecule has 13 heavy (non-hydrogen) atoms. The summed E-state index contributed by atoms with van der Waals surface area (Å²) in [6, 6.07) is 2.53. The highest BCUT2D eigenvalue weighted by molar-refractivity contribution is 5.77. The third-order valence-corrected chi connectivity index (χ3v) is 1.69. The van der Waals surface area contributed by atoms with Gasteiger partial charge in [0.15, 0.2) is 0 Å². The van der Waals surface area contributed by atoms with Crippen LogP contribution in [0.15, 0.2) is 23.1 Å². The van der Waals surface area contributed by atoms with Crippen LogP contribution in [-0.2, 0) is 0 Å². The van der Waals surface area contributed by atoms with Gasteiger partial charge >= 0.3 is 0 Å². The zero-order valence-electron chi connectivity index (χ0n) is 6.54. The number of hydrogen-bond donors (Lipinski definition) is 2. The van der Waals surface area contributed by atoms with Crippen molar-refractivity contribution >= 4 is 16.7 Å². The van der Waals surface area contributed by atoms with Crippen LogP contribution in [0.3, 0.4) is 0 Å². The summed E-state index contributed by atoms with van der Waals surface area (Å²) in [5.41, 5.74) is 5.79. The minimum Gasteiger partial charge on any atom is -0.396 e. The van der Waals surface area contributed by atoms with E-state index < -0.39 is 5.82 Å². The Morgan fingerprint density at radius 1 is 1.46 bits per heavy atom. The van der Waals surface area contributed by atoms with E-state index in [1.54, 1.807) is 0 Å². The molecule has 0 amide bonds. The molecule has 2 rings (SSSR count). The molecule has 1 aromatic heterocycles. The van der Waals surface area contributed by atoms with Crippen molar-refractivity contribution in [2.45, 2.75) is 0 Å². The van der Waals surface area contributed by atoms with Gasteiger partial charge in [0.1, 0.15) is 5.82 Å². The summed E-state index contributed by atoms with van der Waals surface area (Å²) in [6.07, 6.45) is 1.12. The molecule has 0 fully saturated rings. The van der Waals surface area contributed by atoms with Crippen molar-refractivity contribution in [2.75, 3.05) is 5.73 Å². The van der Waals surface area contributed by atoms with Gasteiger partial charge in [0, 0.05) is 6.07 Å². The summed E-state index contributed by atoms with van der Waals surface area (Å²) in [7, 11) is 0. The molecule has 2 aromatic rings. The number of aromatic amines is 1. The highest BCUT2D eigenvalue weighted by atomic mass is 19.1. The first-order valence-electron chi connectivity index (χ1n) is 3.61. The van der Waals surface area contributed by atoms with E-state index in [2.05, 4.69) is 9.97 Å². The number of anilines is 1. The first-order chi connectivity index (χ1) is 6.16. The summed E-state index contributed by atoms with van der Waals surface area (Å²) in [5.74, 6) is -0.559. The second-order valence-electron chi connectivity index (χ2n) is 2.64. The van der Waals surface area contributed by atoms with E-state index in [0.717, 1.165) is 12.3 Å². The maximum Gasteiger partial charge on any atom is 0.266 e. The summed E-state index contributed by atoms with van der Waals surface area (Å²) in [4.78, 5) is 17.0. The number of hydrogen-bond acceptors (Lipinski definition) is 3. The number of nitrogens with two attached hydrogens (primary N) is 1. The van der Waals surface area contributed by atoms with Crippen LogP contribution in [0.1, 0.15) is 0 Å². The molecule has 0 aliphatic rings. The first kappa shape index (κ1) is 7.72. The SMILES string of the molecule is Nc1cc2ncc(=O)[nH]c2cc1F. The van der Waals surface area contributed by atoms with Crippen molar-refractivity contribution in [2.24, 2.45) is 0 Å². The average molecular weight is 179 g/mol. The Morgan fingerprint density at radius 3 is 3.00 bits per heavy atom. The van der Waals surface area contributed by atoms with Crippen LogP contribution < -0.4 is 11.3 Å². The lowest BCUT2D eigenvalue weighted by molar-refractivity contribution is 0.634. The minimum atomic E-state index is -0.559. The van der Waals surface area contributed by atoms with E-state index in [4.69, 9.17) is 5.73 Å². The van der Waals surface area contributed by atoms with E-state index in [9.17, 15) is 9.18 Å². The third kappa shape index (κ3) is 1.24. The molecule has 66 valence electrons. The van der Waals surface area contributed by atoms with Gasteiger partial charge in [-0.3, -0.25) is 4.79 Å². The summed E-state index contributed by atoms with van der Waals surface area (Å²) in [5, 5.41) is 0. The van der Waals surface area contributed by atoms with Gasteiger partial charge in [0.05, 0.1) is 22.9 Å². The number of nitrogens with one attached hydrogen (secondary N) is 1. The lowest BCUT2D eigenvalue weighted by Gasteiger charge is -1.98. The zero-order valence-corrected chi connectivity index (χ0v) is 6.54. The van der Waals surface area contributed by atoms with Gasteiger partial charge in [-0.05, 0) is 6.07 Å². The van der Waals surface area contributed by atoms with Crippen molar-refractivity contribution in [3.8, 4) is 0 Å². The van der Waals surface area contributed by atoms with Crippen LogP contribution in [0.5, 0.6) is 0 Å². The zero-order chi connectivity index (χ0) is 9.42.